The lowest BCUT2D eigenvalue weighted by molar-refractivity contribution is 0.338. The van der Waals surface area contributed by atoms with Gasteiger partial charge in [0.05, 0.1) is 0 Å². The van der Waals surface area contributed by atoms with Crippen molar-refractivity contribution in [2.45, 2.75) is 44.6 Å². The minimum absolute atomic E-state index is 0.411. The summed E-state index contributed by atoms with van der Waals surface area (Å²) < 4.78 is 0. The zero-order valence-corrected chi connectivity index (χ0v) is 12.5. The second-order valence-corrected chi connectivity index (χ2v) is 6.59. The van der Waals surface area contributed by atoms with Crippen LogP contribution in [-0.4, -0.2) is 13.3 Å². The molecule has 1 aromatic carbocycles. The highest BCUT2D eigenvalue weighted by molar-refractivity contribution is 7.98. The summed E-state index contributed by atoms with van der Waals surface area (Å²) in [4.78, 5) is 1.33. The minimum atomic E-state index is 0.411. The summed E-state index contributed by atoms with van der Waals surface area (Å²) in [7, 11) is 2.05. The van der Waals surface area contributed by atoms with Gasteiger partial charge in [0, 0.05) is 10.9 Å². The number of thioether (sulfide) groups is 1. The van der Waals surface area contributed by atoms with Gasteiger partial charge in [0.2, 0.25) is 0 Å². The number of rotatable bonds is 5. The molecule has 0 aromatic heterocycles. The van der Waals surface area contributed by atoms with Crippen molar-refractivity contribution in [3.8, 4) is 0 Å². The maximum absolute atomic E-state index is 3.42. The largest absolute Gasteiger partial charge is 0.313 e. The predicted molar refractivity (Wildman–Crippen MR) is 78.7 cm³/mol. The lowest BCUT2D eigenvalue weighted by Crippen LogP contribution is -2.18. The van der Waals surface area contributed by atoms with Crippen LogP contribution in [0.15, 0.2) is 29.2 Å². The minimum Gasteiger partial charge on any atom is -0.313 e. The van der Waals surface area contributed by atoms with Crippen LogP contribution in [0.4, 0.5) is 0 Å². The molecule has 1 nitrogen and oxygen atoms in total. The topological polar surface area (TPSA) is 12.0 Å². The molecule has 1 aromatic rings. The van der Waals surface area contributed by atoms with E-state index in [0.717, 1.165) is 0 Å². The van der Waals surface area contributed by atoms with Crippen molar-refractivity contribution in [2.75, 3.05) is 13.3 Å². The van der Waals surface area contributed by atoms with Crippen LogP contribution < -0.4 is 5.32 Å². The SMILES string of the molecule is CNC(CCC(C)(C)C)c1ccc(SC)cc1. The van der Waals surface area contributed by atoms with E-state index in [1.807, 2.05) is 0 Å². The van der Waals surface area contributed by atoms with Gasteiger partial charge in [0.25, 0.3) is 0 Å². The molecule has 1 unspecified atom stereocenters. The van der Waals surface area contributed by atoms with Crippen molar-refractivity contribution >= 4 is 11.8 Å². The Balaban J connectivity index is 2.66. The summed E-state index contributed by atoms with van der Waals surface area (Å²) in [6.07, 6.45) is 4.55. The van der Waals surface area contributed by atoms with Gasteiger partial charge < -0.3 is 5.32 Å². The summed E-state index contributed by atoms with van der Waals surface area (Å²) in [6, 6.07) is 9.39. The molecule has 0 heterocycles. The van der Waals surface area contributed by atoms with Crippen LogP contribution in [0.5, 0.6) is 0 Å². The summed E-state index contributed by atoms with van der Waals surface area (Å²) in [5, 5.41) is 3.42. The number of nitrogens with one attached hydrogen (secondary N) is 1. The Hall–Kier alpha value is -0.470. The van der Waals surface area contributed by atoms with Gasteiger partial charge >= 0.3 is 0 Å². The van der Waals surface area contributed by atoms with Crippen molar-refractivity contribution in [3.05, 3.63) is 29.8 Å². The molecule has 0 spiro atoms. The predicted octanol–water partition coefficient (Wildman–Crippen LogP) is 4.50. The molecule has 0 radical (unpaired) electrons. The van der Waals surface area contributed by atoms with Gasteiger partial charge in [0.15, 0.2) is 0 Å². The Labute approximate surface area is 110 Å². The molecule has 0 saturated carbocycles. The maximum Gasteiger partial charge on any atom is 0.0317 e. The third kappa shape index (κ3) is 5.13. The van der Waals surface area contributed by atoms with E-state index in [1.54, 1.807) is 11.8 Å². The first-order valence-electron chi connectivity index (χ1n) is 6.27. The first-order chi connectivity index (χ1) is 7.96. The van der Waals surface area contributed by atoms with Crippen molar-refractivity contribution < 1.29 is 0 Å². The quantitative estimate of drug-likeness (QED) is 0.774. The fourth-order valence-corrected chi connectivity index (χ4v) is 2.30. The molecule has 0 aliphatic carbocycles. The van der Waals surface area contributed by atoms with E-state index in [9.17, 15) is 0 Å². The van der Waals surface area contributed by atoms with Gasteiger partial charge in [-0.15, -0.1) is 11.8 Å². The van der Waals surface area contributed by atoms with Crippen molar-refractivity contribution in [3.63, 3.8) is 0 Å². The molecular formula is C15H25NS. The van der Waals surface area contributed by atoms with Gasteiger partial charge in [-0.05, 0) is 49.3 Å². The van der Waals surface area contributed by atoms with Crippen molar-refractivity contribution in [1.29, 1.82) is 0 Å². The van der Waals surface area contributed by atoms with E-state index in [-0.39, 0.29) is 0 Å². The maximum atomic E-state index is 3.42. The Bertz CT molecular complexity index is 324. The van der Waals surface area contributed by atoms with Crippen molar-refractivity contribution in [2.24, 2.45) is 5.41 Å². The second kappa shape index (κ2) is 6.46. The third-order valence-electron chi connectivity index (χ3n) is 3.05. The smallest absolute Gasteiger partial charge is 0.0317 e. The molecule has 0 aliphatic heterocycles. The van der Waals surface area contributed by atoms with E-state index in [4.69, 9.17) is 0 Å². The molecule has 96 valence electrons. The number of benzene rings is 1. The molecule has 1 rings (SSSR count). The van der Waals surface area contributed by atoms with Crippen LogP contribution in [0.2, 0.25) is 0 Å². The molecule has 1 N–H and O–H groups in total. The third-order valence-corrected chi connectivity index (χ3v) is 3.79. The van der Waals surface area contributed by atoms with Gasteiger partial charge in [0.1, 0.15) is 0 Å². The van der Waals surface area contributed by atoms with Gasteiger partial charge in [-0.2, -0.15) is 0 Å². The van der Waals surface area contributed by atoms with Crippen molar-refractivity contribution in [1.82, 2.24) is 5.32 Å². The average molecular weight is 251 g/mol. The van der Waals surface area contributed by atoms with Crippen LogP contribution in [0.1, 0.15) is 45.2 Å². The van der Waals surface area contributed by atoms with Crippen LogP contribution >= 0.6 is 11.8 Å². The van der Waals surface area contributed by atoms with Crippen LogP contribution in [-0.2, 0) is 0 Å². The fourth-order valence-electron chi connectivity index (χ4n) is 1.89. The highest BCUT2D eigenvalue weighted by atomic mass is 32.2. The second-order valence-electron chi connectivity index (χ2n) is 5.71. The van der Waals surface area contributed by atoms with E-state index in [2.05, 4.69) is 63.7 Å². The van der Waals surface area contributed by atoms with E-state index in [1.165, 1.54) is 23.3 Å². The first-order valence-corrected chi connectivity index (χ1v) is 7.50. The Morgan fingerprint density at radius 2 is 1.76 bits per heavy atom. The Kier molecular flexibility index (Phi) is 5.54. The molecule has 0 bridgehead atoms. The lowest BCUT2D eigenvalue weighted by atomic mass is 9.87. The van der Waals surface area contributed by atoms with E-state index in [0.29, 0.717) is 11.5 Å². The molecular weight excluding hydrogens is 226 g/mol. The van der Waals surface area contributed by atoms with Crippen LogP contribution in [0, 0.1) is 5.41 Å². The summed E-state index contributed by atoms with van der Waals surface area (Å²) in [6.45, 7) is 6.91. The fraction of sp³-hybridized carbons (Fsp3) is 0.600. The van der Waals surface area contributed by atoms with Crippen LogP contribution in [0.3, 0.4) is 0 Å². The van der Waals surface area contributed by atoms with E-state index >= 15 is 0 Å². The standard InChI is InChI=1S/C15H25NS/c1-15(2,3)11-10-14(16-4)12-6-8-13(17-5)9-7-12/h6-9,14,16H,10-11H2,1-5H3. The molecule has 17 heavy (non-hydrogen) atoms. The first kappa shape index (κ1) is 14.6. The molecule has 0 saturated heterocycles. The monoisotopic (exact) mass is 251 g/mol. The normalized spacial score (nSPS) is 13.7. The van der Waals surface area contributed by atoms with Gasteiger partial charge in [-0.1, -0.05) is 32.9 Å². The zero-order valence-electron chi connectivity index (χ0n) is 11.7. The number of hydrogen-bond acceptors (Lipinski definition) is 2. The van der Waals surface area contributed by atoms with Gasteiger partial charge in [-0.3, -0.25) is 0 Å². The number of hydrogen-bond donors (Lipinski definition) is 1. The summed E-state index contributed by atoms with van der Waals surface area (Å²) in [5.41, 5.74) is 1.81. The molecule has 2 heteroatoms. The molecule has 0 amide bonds. The molecule has 0 aliphatic rings. The lowest BCUT2D eigenvalue weighted by Gasteiger charge is -2.23. The average Bonchev–Trinajstić information content (AvgIpc) is 2.29. The highest BCUT2D eigenvalue weighted by Crippen LogP contribution is 2.28. The Morgan fingerprint density at radius 1 is 1.18 bits per heavy atom. The molecule has 0 fully saturated rings. The summed E-state index contributed by atoms with van der Waals surface area (Å²) in [5.74, 6) is 0. The summed E-state index contributed by atoms with van der Waals surface area (Å²) >= 11 is 1.79. The Morgan fingerprint density at radius 3 is 2.18 bits per heavy atom. The van der Waals surface area contributed by atoms with E-state index < -0.39 is 0 Å². The molecule has 1 atom stereocenters. The zero-order chi connectivity index (χ0) is 12.9. The van der Waals surface area contributed by atoms with Crippen LogP contribution in [0.25, 0.3) is 0 Å². The highest BCUT2D eigenvalue weighted by Gasteiger charge is 2.15. The van der Waals surface area contributed by atoms with Gasteiger partial charge in [-0.25, -0.2) is 0 Å².